The smallest absolute Gasteiger partial charge is 0.133 e. The third-order valence-corrected chi connectivity index (χ3v) is 3.82. The second-order valence-corrected chi connectivity index (χ2v) is 5.38. The van der Waals surface area contributed by atoms with Crippen molar-refractivity contribution in [3.63, 3.8) is 0 Å². The van der Waals surface area contributed by atoms with Crippen LogP contribution in [-0.4, -0.2) is 16.3 Å². The predicted molar refractivity (Wildman–Crippen MR) is 79.4 cm³/mol. The van der Waals surface area contributed by atoms with Gasteiger partial charge >= 0.3 is 0 Å². The van der Waals surface area contributed by atoms with Crippen molar-refractivity contribution in [2.75, 3.05) is 11.9 Å². The molecule has 0 spiro atoms. The van der Waals surface area contributed by atoms with Crippen LogP contribution in [0.1, 0.15) is 31.0 Å². The Balaban J connectivity index is 1.99. The summed E-state index contributed by atoms with van der Waals surface area (Å²) < 4.78 is 2.02. The highest BCUT2D eigenvalue weighted by Crippen LogP contribution is 2.29. The maximum atomic E-state index is 5.94. The number of nitrogens with zero attached hydrogens (tertiary/aromatic N) is 2. The Morgan fingerprint density at radius 3 is 2.84 bits per heavy atom. The first-order chi connectivity index (χ1) is 9.29. The van der Waals surface area contributed by atoms with Gasteiger partial charge in [-0.2, -0.15) is 5.10 Å². The lowest BCUT2D eigenvalue weighted by molar-refractivity contribution is 0.744. The van der Waals surface area contributed by atoms with Crippen LogP contribution in [0.25, 0.3) is 5.69 Å². The van der Waals surface area contributed by atoms with Crippen molar-refractivity contribution < 1.29 is 0 Å². The van der Waals surface area contributed by atoms with Crippen molar-refractivity contribution in [2.45, 2.75) is 32.6 Å². The third-order valence-electron chi connectivity index (χ3n) is 3.57. The number of benzene rings is 1. The van der Waals surface area contributed by atoms with E-state index in [2.05, 4.69) is 12.2 Å². The summed E-state index contributed by atoms with van der Waals surface area (Å²) in [5.74, 6) is 1.16. The average molecular weight is 276 g/mol. The molecular weight excluding hydrogens is 258 g/mol. The zero-order valence-corrected chi connectivity index (χ0v) is 11.9. The molecule has 0 amide bonds. The fourth-order valence-electron chi connectivity index (χ4n) is 2.56. The number of fused-ring (bicyclic) bond motifs is 1. The molecule has 1 N–H and O–H groups in total. The molecule has 2 heterocycles. The maximum Gasteiger partial charge on any atom is 0.133 e. The summed E-state index contributed by atoms with van der Waals surface area (Å²) in [5, 5.41) is 8.98. The summed E-state index contributed by atoms with van der Waals surface area (Å²) in [7, 11) is 0. The van der Waals surface area contributed by atoms with Gasteiger partial charge < -0.3 is 5.32 Å². The van der Waals surface area contributed by atoms with E-state index in [1.54, 1.807) is 0 Å². The van der Waals surface area contributed by atoms with Crippen molar-refractivity contribution >= 4 is 17.4 Å². The number of unbranched alkanes of at least 4 members (excludes halogenated alkanes) is 1. The van der Waals surface area contributed by atoms with E-state index in [1.807, 2.05) is 28.9 Å². The lowest BCUT2D eigenvalue weighted by atomic mass is 10.1. The average Bonchev–Trinajstić information content (AvgIpc) is 3.00. The number of anilines is 1. The Bertz CT molecular complexity index is 572. The standard InChI is InChI=1S/C15H18ClN3/c1-2-3-4-14-13-9-10-17-15(13)19(18-14)12-7-5-11(16)6-8-12/h5-8,17H,2-4,9-10H2,1H3. The van der Waals surface area contributed by atoms with E-state index in [0.29, 0.717) is 0 Å². The number of aromatic nitrogens is 2. The molecule has 3 nitrogen and oxygen atoms in total. The van der Waals surface area contributed by atoms with Crippen molar-refractivity contribution in [1.29, 1.82) is 0 Å². The SMILES string of the molecule is CCCCc1nn(-c2ccc(Cl)cc2)c2c1CCN2. The molecule has 0 unspecified atom stereocenters. The molecule has 0 fully saturated rings. The second kappa shape index (κ2) is 5.25. The van der Waals surface area contributed by atoms with Crippen molar-refractivity contribution in [2.24, 2.45) is 0 Å². The maximum absolute atomic E-state index is 5.94. The van der Waals surface area contributed by atoms with Gasteiger partial charge in [0.2, 0.25) is 0 Å². The van der Waals surface area contributed by atoms with Gasteiger partial charge in [-0.25, -0.2) is 4.68 Å². The van der Waals surface area contributed by atoms with Gasteiger partial charge in [0.1, 0.15) is 5.82 Å². The summed E-state index contributed by atoms with van der Waals surface area (Å²) in [6.45, 7) is 3.23. The minimum Gasteiger partial charge on any atom is -0.369 e. The Morgan fingerprint density at radius 2 is 2.11 bits per heavy atom. The first-order valence-corrected chi connectivity index (χ1v) is 7.28. The highest BCUT2D eigenvalue weighted by molar-refractivity contribution is 6.30. The number of nitrogens with one attached hydrogen (secondary N) is 1. The molecule has 100 valence electrons. The zero-order valence-electron chi connectivity index (χ0n) is 11.1. The molecule has 0 aliphatic carbocycles. The normalized spacial score (nSPS) is 13.4. The number of rotatable bonds is 4. The molecule has 1 aromatic carbocycles. The van der Waals surface area contributed by atoms with Gasteiger partial charge in [-0.1, -0.05) is 24.9 Å². The molecular formula is C15H18ClN3. The molecule has 1 aliphatic heterocycles. The highest BCUT2D eigenvalue weighted by Gasteiger charge is 2.22. The van der Waals surface area contributed by atoms with E-state index in [9.17, 15) is 0 Å². The number of hydrogen-bond acceptors (Lipinski definition) is 2. The van der Waals surface area contributed by atoms with Crippen LogP contribution in [0.5, 0.6) is 0 Å². The van der Waals surface area contributed by atoms with E-state index >= 15 is 0 Å². The lowest BCUT2D eigenvalue weighted by Gasteiger charge is -2.06. The van der Waals surface area contributed by atoms with Crippen LogP contribution >= 0.6 is 11.6 Å². The van der Waals surface area contributed by atoms with Crippen LogP contribution in [0.15, 0.2) is 24.3 Å². The monoisotopic (exact) mass is 275 g/mol. The van der Waals surface area contributed by atoms with Gasteiger partial charge in [0.15, 0.2) is 0 Å². The van der Waals surface area contributed by atoms with E-state index in [0.717, 1.165) is 35.9 Å². The molecule has 0 radical (unpaired) electrons. The summed E-state index contributed by atoms with van der Waals surface area (Å²) in [6, 6.07) is 7.84. The molecule has 1 aliphatic rings. The first-order valence-electron chi connectivity index (χ1n) is 6.90. The van der Waals surface area contributed by atoms with E-state index in [-0.39, 0.29) is 0 Å². The summed E-state index contributed by atoms with van der Waals surface area (Å²) in [6.07, 6.45) is 4.56. The quantitative estimate of drug-likeness (QED) is 0.919. The minimum atomic E-state index is 0.756. The number of aryl methyl sites for hydroxylation is 1. The third kappa shape index (κ3) is 2.35. The molecule has 19 heavy (non-hydrogen) atoms. The van der Waals surface area contributed by atoms with Gasteiger partial charge in [0.05, 0.1) is 11.4 Å². The molecule has 0 saturated heterocycles. The summed E-state index contributed by atoms with van der Waals surface area (Å²) in [5.41, 5.74) is 3.71. The zero-order chi connectivity index (χ0) is 13.2. The minimum absolute atomic E-state index is 0.756. The lowest BCUT2D eigenvalue weighted by Crippen LogP contribution is -2.04. The van der Waals surface area contributed by atoms with Crippen LogP contribution < -0.4 is 5.32 Å². The fraction of sp³-hybridized carbons (Fsp3) is 0.400. The van der Waals surface area contributed by atoms with Gasteiger partial charge in [-0.15, -0.1) is 0 Å². The molecule has 0 saturated carbocycles. The van der Waals surface area contributed by atoms with Gasteiger partial charge in [0.25, 0.3) is 0 Å². The molecule has 0 bridgehead atoms. The van der Waals surface area contributed by atoms with Crippen LogP contribution in [0.4, 0.5) is 5.82 Å². The van der Waals surface area contributed by atoms with Crippen molar-refractivity contribution in [3.05, 3.63) is 40.5 Å². The van der Waals surface area contributed by atoms with Crippen LogP contribution in [0.2, 0.25) is 5.02 Å². The molecule has 2 aromatic rings. The van der Waals surface area contributed by atoms with Crippen molar-refractivity contribution in [3.8, 4) is 5.69 Å². The first kappa shape index (κ1) is 12.5. The van der Waals surface area contributed by atoms with Crippen molar-refractivity contribution in [1.82, 2.24) is 9.78 Å². The Kier molecular flexibility index (Phi) is 3.47. The summed E-state index contributed by atoms with van der Waals surface area (Å²) >= 11 is 5.94. The van der Waals surface area contributed by atoms with Crippen LogP contribution in [0.3, 0.4) is 0 Å². The highest BCUT2D eigenvalue weighted by atomic mass is 35.5. The van der Waals surface area contributed by atoms with E-state index in [1.165, 1.54) is 24.1 Å². The molecule has 1 aromatic heterocycles. The Morgan fingerprint density at radius 1 is 1.32 bits per heavy atom. The van der Waals surface area contributed by atoms with E-state index < -0.39 is 0 Å². The second-order valence-electron chi connectivity index (χ2n) is 4.94. The van der Waals surface area contributed by atoms with Gasteiger partial charge in [-0.3, -0.25) is 0 Å². The molecule has 4 heteroatoms. The Hall–Kier alpha value is -1.48. The van der Waals surface area contributed by atoms with Crippen LogP contribution in [0, 0.1) is 0 Å². The predicted octanol–water partition coefficient (Wildman–Crippen LogP) is 3.84. The largest absolute Gasteiger partial charge is 0.369 e. The Labute approximate surface area is 118 Å². The fourth-order valence-corrected chi connectivity index (χ4v) is 2.69. The number of hydrogen-bond donors (Lipinski definition) is 1. The van der Waals surface area contributed by atoms with E-state index in [4.69, 9.17) is 16.7 Å². The van der Waals surface area contributed by atoms with Gasteiger partial charge in [-0.05, 0) is 43.5 Å². The summed E-state index contributed by atoms with van der Waals surface area (Å²) in [4.78, 5) is 0. The number of halogens is 1. The molecule has 3 rings (SSSR count). The van der Waals surface area contributed by atoms with Gasteiger partial charge in [0, 0.05) is 17.1 Å². The van der Waals surface area contributed by atoms with Crippen LogP contribution in [-0.2, 0) is 12.8 Å². The topological polar surface area (TPSA) is 29.9 Å². The molecule has 0 atom stereocenters.